The van der Waals surface area contributed by atoms with Gasteiger partial charge in [0.15, 0.2) is 11.6 Å². The first kappa shape index (κ1) is 22.4. The lowest BCUT2D eigenvalue weighted by atomic mass is 9.96. The Morgan fingerprint density at radius 3 is 2.62 bits per heavy atom. The van der Waals surface area contributed by atoms with Crippen LogP contribution in [0.5, 0.6) is 11.5 Å². The second-order valence-electron chi connectivity index (χ2n) is 8.80. The van der Waals surface area contributed by atoms with E-state index in [2.05, 4.69) is 4.98 Å². The number of aromatic nitrogens is 1. The van der Waals surface area contributed by atoms with Gasteiger partial charge in [-0.2, -0.15) is 0 Å². The lowest BCUT2D eigenvalue weighted by Crippen LogP contribution is -2.26. The molecule has 2 fully saturated rings. The minimum atomic E-state index is -2.66. The summed E-state index contributed by atoms with van der Waals surface area (Å²) < 4.78 is 51.8. The molecule has 5 nitrogen and oxygen atoms in total. The fourth-order valence-corrected chi connectivity index (χ4v) is 4.01. The summed E-state index contributed by atoms with van der Waals surface area (Å²) in [6, 6.07) is 8.91. The van der Waals surface area contributed by atoms with Crippen molar-refractivity contribution in [3.63, 3.8) is 0 Å². The van der Waals surface area contributed by atoms with Crippen molar-refractivity contribution in [1.29, 1.82) is 0 Å². The quantitative estimate of drug-likeness (QED) is 0.541. The highest BCUT2D eigenvalue weighted by Crippen LogP contribution is 2.48. The van der Waals surface area contributed by atoms with Crippen molar-refractivity contribution in [3.05, 3.63) is 47.9 Å². The summed E-state index contributed by atoms with van der Waals surface area (Å²) in [5.74, 6) is -2.61. The number of alkyl halides is 2. The summed E-state index contributed by atoms with van der Waals surface area (Å²) in [7, 11) is 0. The Balaban J connectivity index is 1.30. The second-order valence-corrected chi connectivity index (χ2v) is 8.80. The molecule has 1 aliphatic carbocycles. The number of anilines is 1. The first-order chi connectivity index (χ1) is 15.2. The number of rotatable bonds is 9. The molecular formula is C24H27F3N2O3. The number of ether oxygens (including phenoxy) is 2. The molecular weight excluding hydrogens is 421 g/mol. The van der Waals surface area contributed by atoms with Gasteiger partial charge in [0.05, 0.1) is 25.3 Å². The zero-order valence-corrected chi connectivity index (χ0v) is 18.2. The largest absolute Gasteiger partial charge is 0.491 e. The number of ketones is 1. The molecule has 1 saturated carbocycles. The summed E-state index contributed by atoms with van der Waals surface area (Å²) >= 11 is 0. The molecule has 8 heteroatoms. The molecule has 0 amide bonds. The molecule has 1 aliphatic heterocycles. The Hall–Kier alpha value is -2.77. The molecule has 2 aliphatic rings. The van der Waals surface area contributed by atoms with E-state index in [0.717, 1.165) is 17.7 Å². The highest BCUT2D eigenvalue weighted by Gasteiger charge is 2.57. The molecule has 0 spiro atoms. The molecule has 0 N–H and O–H groups in total. The highest BCUT2D eigenvalue weighted by molar-refractivity contribution is 5.76. The molecule has 32 heavy (non-hydrogen) atoms. The molecule has 1 saturated heterocycles. The van der Waals surface area contributed by atoms with Gasteiger partial charge in [-0.1, -0.05) is 19.1 Å². The molecule has 2 heterocycles. The zero-order chi connectivity index (χ0) is 22.9. The molecule has 3 atom stereocenters. The van der Waals surface area contributed by atoms with Gasteiger partial charge in [0.1, 0.15) is 23.4 Å². The van der Waals surface area contributed by atoms with Crippen LogP contribution in [0.25, 0.3) is 0 Å². The van der Waals surface area contributed by atoms with E-state index in [-0.39, 0.29) is 42.4 Å². The first-order valence-corrected chi connectivity index (χ1v) is 10.9. The number of hydrogen-bond acceptors (Lipinski definition) is 5. The van der Waals surface area contributed by atoms with Crippen molar-refractivity contribution in [2.24, 2.45) is 5.92 Å². The van der Waals surface area contributed by atoms with Gasteiger partial charge in [-0.3, -0.25) is 0 Å². The summed E-state index contributed by atoms with van der Waals surface area (Å²) in [5.41, 5.74) is 1.08. The predicted octanol–water partition coefficient (Wildman–Crippen LogP) is 5.00. The van der Waals surface area contributed by atoms with E-state index < -0.39 is 17.7 Å². The van der Waals surface area contributed by atoms with Gasteiger partial charge in [0.2, 0.25) is 0 Å². The van der Waals surface area contributed by atoms with Gasteiger partial charge in [-0.05, 0) is 30.5 Å². The predicted molar refractivity (Wildman–Crippen MR) is 114 cm³/mol. The van der Waals surface area contributed by atoms with Crippen molar-refractivity contribution in [1.82, 2.24) is 4.98 Å². The Labute approximate surface area is 185 Å². The van der Waals surface area contributed by atoms with Crippen molar-refractivity contribution in [2.75, 3.05) is 24.6 Å². The summed E-state index contributed by atoms with van der Waals surface area (Å²) in [6.07, 6.45) is 2.31. The normalized spacial score (nSPS) is 22.5. The first-order valence-electron chi connectivity index (χ1n) is 10.9. The molecule has 0 radical (unpaired) electrons. The Morgan fingerprint density at radius 2 is 2.00 bits per heavy atom. The van der Waals surface area contributed by atoms with Crippen molar-refractivity contribution in [3.8, 4) is 11.5 Å². The van der Waals surface area contributed by atoms with Crippen LogP contribution in [0.2, 0.25) is 0 Å². The Morgan fingerprint density at radius 1 is 1.28 bits per heavy atom. The Bertz CT molecular complexity index is 967. The van der Waals surface area contributed by atoms with Crippen LogP contribution in [-0.2, 0) is 4.79 Å². The standard InChI is InChI=1S/C24H27F3N2O3/c1-15(9-16(2)30)17-3-5-19(6-4-17)32-20-7-8-29(13-20)23-22(25)10-21(12-28-23)31-14-18-11-24(18,26)27/h3-6,10,12,15,18,20H,7-9,11,13-14H2,1-2H3/t15-,18?,20?/m1/s1. The van der Waals surface area contributed by atoms with E-state index in [9.17, 15) is 18.0 Å². The van der Waals surface area contributed by atoms with Gasteiger partial charge < -0.3 is 19.2 Å². The van der Waals surface area contributed by atoms with Gasteiger partial charge in [0, 0.05) is 31.9 Å². The number of pyridine rings is 1. The van der Waals surface area contributed by atoms with Crippen LogP contribution >= 0.6 is 0 Å². The van der Waals surface area contributed by atoms with Gasteiger partial charge in [0.25, 0.3) is 5.92 Å². The average Bonchev–Trinajstić information content (AvgIpc) is 3.11. The molecule has 0 bridgehead atoms. The number of Topliss-reactive ketones (excluding diaryl/α,β-unsaturated/α-hetero) is 1. The van der Waals surface area contributed by atoms with Crippen LogP contribution in [0.1, 0.15) is 44.6 Å². The third-order valence-electron chi connectivity index (χ3n) is 5.99. The Kier molecular flexibility index (Phi) is 6.31. The molecule has 1 aromatic carbocycles. The van der Waals surface area contributed by atoms with Crippen LogP contribution in [0.3, 0.4) is 0 Å². The summed E-state index contributed by atoms with van der Waals surface area (Å²) in [4.78, 5) is 17.3. The minimum absolute atomic E-state index is 0.107. The number of nitrogens with zero attached hydrogens (tertiary/aromatic N) is 2. The van der Waals surface area contributed by atoms with Crippen LogP contribution in [-0.4, -0.2) is 42.5 Å². The number of carbonyl (C=O) groups is 1. The van der Waals surface area contributed by atoms with Crippen molar-refractivity contribution in [2.45, 2.75) is 51.1 Å². The fraction of sp³-hybridized carbons (Fsp3) is 0.500. The number of hydrogen-bond donors (Lipinski definition) is 0. The van der Waals surface area contributed by atoms with Crippen molar-refractivity contribution >= 4 is 11.6 Å². The van der Waals surface area contributed by atoms with E-state index in [1.165, 1.54) is 12.3 Å². The fourth-order valence-electron chi connectivity index (χ4n) is 4.01. The highest BCUT2D eigenvalue weighted by atomic mass is 19.3. The number of halogens is 3. The van der Waals surface area contributed by atoms with Gasteiger partial charge >= 0.3 is 0 Å². The van der Waals surface area contributed by atoms with Crippen molar-refractivity contribution < 1.29 is 27.4 Å². The maximum atomic E-state index is 14.6. The van der Waals surface area contributed by atoms with E-state index in [1.807, 2.05) is 36.1 Å². The molecule has 4 rings (SSSR count). The number of benzene rings is 1. The summed E-state index contributed by atoms with van der Waals surface area (Å²) in [5, 5.41) is 0. The molecule has 172 valence electrons. The lowest BCUT2D eigenvalue weighted by molar-refractivity contribution is -0.117. The van der Waals surface area contributed by atoms with E-state index >= 15 is 0 Å². The summed E-state index contributed by atoms with van der Waals surface area (Å²) in [6.45, 7) is 4.55. The zero-order valence-electron chi connectivity index (χ0n) is 18.2. The van der Waals surface area contributed by atoms with Crippen LogP contribution in [0.4, 0.5) is 19.0 Å². The average molecular weight is 448 g/mol. The van der Waals surface area contributed by atoms with Crippen LogP contribution < -0.4 is 14.4 Å². The minimum Gasteiger partial charge on any atom is -0.491 e. The van der Waals surface area contributed by atoms with Crippen LogP contribution in [0.15, 0.2) is 36.5 Å². The van der Waals surface area contributed by atoms with Crippen LogP contribution in [0, 0.1) is 11.7 Å². The van der Waals surface area contributed by atoms with E-state index in [1.54, 1.807) is 6.92 Å². The molecule has 2 aromatic rings. The second kappa shape index (κ2) is 9.00. The SMILES string of the molecule is CC(=O)C[C@@H](C)c1ccc(OC2CCN(c3ncc(OCC4CC4(F)F)cc3F)C2)cc1. The van der Waals surface area contributed by atoms with E-state index in [4.69, 9.17) is 9.47 Å². The topological polar surface area (TPSA) is 51.7 Å². The maximum absolute atomic E-state index is 14.6. The maximum Gasteiger partial charge on any atom is 0.255 e. The monoisotopic (exact) mass is 448 g/mol. The van der Waals surface area contributed by atoms with E-state index in [0.29, 0.717) is 19.5 Å². The molecule has 2 unspecified atom stereocenters. The third-order valence-corrected chi connectivity index (χ3v) is 5.99. The molecule has 1 aromatic heterocycles. The smallest absolute Gasteiger partial charge is 0.255 e. The van der Waals surface area contributed by atoms with Gasteiger partial charge in [-0.15, -0.1) is 0 Å². The van der Waals surface area contributed by atoms with Gasteiger partial charge in [-0.25, -0.2) is 18.2 Å². The third kappa shape index (κ3) is 5.34. The number of carbonyl (C=O) groups excluding carboxylic acids is 1. The lowest BCUT2D eigenvalue weighted by Gasteiger charge is -2.19.